The third-order valence-electron chi connectivity index (χ3n) is 3.34. The topological polar surface area (TPSA) is 35.2 Å². The summed E-state index contributed by atoms with van der Waals surface area (Å²) in [6.07, 6.45) is 9.46. The summed E-state index contributed by atoms with van der Waals surface area (Å²) in [5, 5.41) is 0. The highest BCUT2D eigenvalue weighted by Crippen LogP contribution is 2.25. The molecule has 1 aliphatic rings. The van der Waals surface area contributed by atoms with Gasteiger partial charge in [0.25, 0.3) is 0 Å². The number of nitrogens with two attached hydrogens (primary N) is 1. The molecule has 0 spiro atoms. The number of ether oxygens (including phenoxy) is 1. The summed E-state index contributed by atoms with van der Waals surface area (Å²) in [6.45, 7) is 6.03. The Labute approximate surface area is 93.9 Å². The zero-order valence-electron chi connectivity index (χ0n) is 10.1. The fourth-order valence-electron chi connectivity index (χ4n) is 2.09. The summed E-state index contributed by atoms with van der Waals surface area (Å²) in [4.78, 5) is 0. The van der Waals surface area contributed by atoms with Crippen LogP contribution in [0, 0.1) is 11.8 Å². The first-order valence-electron chi connectivity index (χ1n) is 6.24. The molecule has 1 aliphatic carbocycles. The highest BCUT2D eigenvalue weighted by atomic mass is 16.5. The Hall–Kier alpha value is -0.340. The summed E-state index contributed by atoms with van der Waals surface area (Å²) in [7, 11) is 0. The van der Waals surface area contributed by atoms with Gasteiger partial charge in [0.1, 0.15) is 0 Å². The van der Waals surface area contributed by atoms with E-state index in [9.17, 15) is 0 Å². The third kappa shape index (κ3) is 4.35. The number of hydrogen-bond donors (Lipinski definition) is 1. The van der Waals surface area contributed by atoms with Crippen molar-refractivity contribution >= 4 is 0 Å². The second kappa shape index (κ2) is 7.02. The standard InChI is InChI=1S/C13H25NO/c1-3-6-13(9-14)15-10-12-8-5-4-7-11(12)2/h4-5,11-13H,3,6-10,14H2,1-2H3. The van der Waals surface area contributed by atoms with Crippen LogP contribution in [0.1, 0.15) is 39.5 Å². The van der Waals surface area contributed by atoms with Gasteiger partial charge >= 0.3 is 0 Å². The molecule has 0 aromatic carbocycles. The van der Waals surface area contributed by atoms with Crippen molar-refractivity contribution in [2.24, 2.45) is 17.6 Å². The van der Waals surface area contributed by atoms with Gasteiger partial charge in [0.15, 0.2) is 0 Å². The van der Waals surface area contributed by atoms with E-state index in [0.29, 0.717) is 12.5 Å². The lowest BCUT2D eigenvalue weighted by Gasteiger charge is -2.27. The van der Waals surface area contributed by atoms with Crippen molar-refractivity contribution in [1.29, 1.82) is 0 Å². The molecule has 0 aliphatic heterocycles. The highest BCUT2D eigenvalue weighted by molar-refractivity contribution is 4.93. The maximum atomic E-state index is 5.88. The fourth-order valence-corrected chi connectivity index (χ4v) is 2.09. The molecule has 2 heteroatoms. The van der Waals surface area contributed by atoms with E-state index in [0.717, 1.165) is 25.4 Å². The zero-order valence-corrected chi connectivity index (χ0v) is 10.1. The minimum absolute atomic E-state index is 0.271. The first-order valence-corrected chi connectivity index (χ1v) is 6.24. The normalized spacial score (nSPS) is 27.9. The van der Waals surface area contributed by atoms with Crippen LogP contribution >= 0.6 is 0 Å². The maximum absolute atomic E-state index is 5.88. The van der Waals surface area contributed by atoms with Crippen LogP contribution < -0.4 is 5.73 Å². The molecule has 88 valence electrons. The smallest absolute Gasteiger partial charge is 0.0697 e. The van der Waals surface area contributed by atoms with Gasteiger partial charge in [-0.05, 0) is 31.1 Å². The lowest BCUT2D eigenvalue weighted by Crippen LogP contribution is -2.28. The number of hydrogen-bond acceptors (Lipinski definition) is 2. The van der Waals surface area contributed by atoms with Crippen LogP contribution in [-0.4, -0.2) is 19.3 Å². The minimum Gasteiger partial charge on any atom is -0.377 e. The Balaban J connectivity index is 2.25. The molecular formula is C13H25NO. The van der Waals surface area contributed by atoms with Crippen molar-refractivity contribution in [1.82, 2.24) is 0 Å². The summed E-state index contributed by atoms with van der Waals surface area (Å²) < 4.78 is 5.88. The van der Waals surface area contributed by atoms with E-state index in [2.05, 4.69) is 26.0 Å². The van der Waals surface area contributed by atoms with Gasteiger partial charge in [0.2, 0.25) is 0 Å². The SMILES string of the molecule is CCCC(CN)OCC1CC=CCC1C. The third-order valence-corrected chi connectivity index (χ3v) is 3.34. The van der Waals surface area contributed by atoms with E-state index in [1.54, 1.807) is 0 Å². The van der Waals surface area contributed by atoms with Crippen LogP contribution in [0.2, 0.25) is 0 Å². The Morgan fingerprint density at radius 2 is 2.13 bits per heavy atom. The number of allylic oxidation sites excluding steroid dienone is 2. The molecule has 15 heavy (non-hydrogen) atoms. The van der Waals surface area contributed by atoms with E-state index in [1.165, 1.54) is 12.8 Å². The minimum atomic E-state index is 0.271. The molecule has 3 unspecified atom stereocenters. The Kier molecular flexibility index (Phi) is 5.96. The van der Waals surface area contributed by atoms with Crippen LogP contribution in [0.4, 0.5) is 0 Å². The van der Waals surface area contributed by atoms with Gasteiger partial charge in [0, 0.05) is 6.54 Å². The predicted octanol–water partition coefficient (Wildman–Crippen LogP) is 2.73. The molecular weight excluding hydrogens is 186 g/mol. The van der Waals surface area contributed by atoms with Crippen LogP contribution in [0.3, 0.4) is 0 Å². The molecule has 0 saturated heterocycles. The van der Waals surface area contributed by atoms with Gasteiger partial charge in [-0.15, -0.1) is 0 Å². The highest BCUT2D eigenvalue weighted by Gasteiger charge is 2.19. The second-order valence-corrected chi connectivity index (χ2v) is 4.66. The first-order chi connectivity index (χ1) is 7.27. The predicted molar refractivity (Wildman–Crippen MR) is 64.7 cm³/mol. The Morgan fingerprint density at radius 3 is 2.73 bits per heavy atom. The van der Waals surface area contributed by atoms with Gasteiger partial charge in [-0.25, -0.2) is 0 Å². The quantitative estimate of drug-likeness (QED) is 0.686. The largest absolute Gasteiger partial charge is 0.377 e. The lowest BCUT2D eigenvalue weighted by atomic mass is 9.85. The molecule has 0 bridgehead atoms. The average Bonchev–Trinajstić information content (AvgIpc) is 2.26. The molecule has 0 radical (unpaired) electrons. The number of rotatable bonds is 6. The average molecular weight is 211 g/mol. The summed E-state index contributed by atoms with van der Waals surface area (Å²) in [5.41, 5.74) is 5.67. The van der Waals surface area contributed by atoms with E-state index in [1.807, 2.05) is 0 Å². The fraction of sp³-hybridized carbons (Fsp3) is 0.846. The van der Waals surface area contributed by atoms with Gasteiger partial charge < -0.3 is 10.5 Å². The molecule has 2 nitrogen and oxygen atoms in total. The van der Waals surface area contributed by atoms with Gasteiger partial charge in [0.05, 0.1) is 12.7 Å². The zero-order chi connectivity index (χ0) is 11.1. The van der Waals surface area contributed by atoms with Crippen molar-refractivity contribution in [3.05, 3.63) is 12.2 Å². The summed E-state index contributed by atoms with van der Waals surface area (Å²) >= 11 is 0. The van der Waals surface area contributed by atoms with Gasteiger partial charge in [-0.2, -0.15) is 0 Å². The van der Waals surface area contributed by atoms with Crippen molar-refractivity contribution < 1.29 is 4.74 Å². The monoisotopic (exact) mass is 211 g/mol. The molecule has 0 aromatic heterocycles. The van der Waals surface area contributed by atoms with Crippen molar-refractivity contribution in [2.45, 2.75) is 45.6 Å². The Morgan fingerprint density at radius 1 is 1.40 bits per heavy atom. The van der Waals surface area contributed by atoms with Crippen molar-refractivity contribution in [3.8, 4) is 0 Å². The van der Waals surface area contributed by atoms with Crippen LogP contribution in [0.5, 0.6) is 0 Å². The van der Waals surface area contributed by atoms with Gasteiger partial charge in [-0.1, -0.05) is 32.4 Å². The molecule has 0 aromatic rings. The summed E-state index contributed by atoms with van der Waals surface area (Å²) in [5.74, 6) is 1.45. The van der Waals surface area contributed by atoms with E-state index >= 15 is 0 Å². The van der Waals surface area contributed by atoms with Gasteiger partial charge in [-0.3, -0.25) is 0 Å². The van der Waals surface area contributed by atoms with Crippen LogP contribution in [0.15, 0.2) is 12.2 Å². The second-order valence-electron chi connectivity index (χ2n) is 4.66. The van der Waals surface area contributed by atoms with E-state index in [4.69, 9.17) is 10.5 Å². The molecule has 1 rings (SSSR count). The van der Waals surface area contributed by atoms with Crippen LogP contribution in [0.25, 0.3) is 0 Å². The van der Waals surface area contributed by atoms with Crippen LogP contribution in [-0.2, 0) is 4.74 Å². The maximum Gasteiger partial charge on any atom is 0.0697 e. The molecule has 0 amide bonds. The molecule has 0 heterocycles. The van der Waals surface area contributed by atoms with Crippen molar-refractivity contribution in [2.75, 3.05) is 13.2 Å². The van der Waals surface area contributed by atoms with E-state index in [-0.39, 0.29) is 6.10 Å². The van der Waals surface area contributed by atoms with Crippen molar-refractivity contribution in [3.63, 3.8) is 0 Å². The first kappa shape index (κ1) is 12.7. The Bertz CT molecular complexity index is 191. The summed E-state index contributed by atoms with van der Waals surface area (Å²) in [6, 6.07) is 0. The molecule has 0 fully saturated rings. The van der Waals surface area contributed by atoms with E-state index < -0.39 is 0 Å². The lowest BCUT2D eigenvalue weighted by molar-refractivity contribution is 0.0167. The molecule has 3 atom stereocenters. The molecule has 2 N–H and O–H groups in total. The molecule has 0 saturated carbocycles.